The lowest BCUT2D eigenvalue weighted by Gasteiger charge is -2.31. The molecule has 1 spiro atoms. The van der Waals surface area contributed by atoms with Crippen LogP contribution >= 0.6 is 11.6 Å². The molecule has 1 heterocycles. The Bertz CT molecular complexity index is 430. The van der Waals surface area contributed by atoms with E-state index >= 15 is 0 Å². The van der Waals surface area contributed by atoms with Gasteiger partial charge in [0.15, 0.2) is 11.0 Å². The normalized spacial score (nSPS) is 28.6. The van der Waals surface area contributed by atoms with E-state index < -0.39 is 22.0 Å². The van der Waals surface area contributed by atoms with Crippen molar-refractivity contribution in [2.75, 3.05) is 12.9 Å². The Morgan fingerprint density at radius 1 is 1.39 bits per heavy atom. The van der Waals surface area contributed by atoms with Crippen LogP contribution in [0.25, 0.3) is 0 Å². The highest BCUT2D eigenvalue weighted by Crippen LogP contribution is 2.38. The van der Waals surface area contributed by atoms with Crippen LogP contribution in [0.15, 0.2) is 5.16 Å². The van der Waals surface area contributed by atoms with Crippen LogP contribution < -0.4 is 0 Å². The number of nitrogens with zero attached hydrogens (tertiary/aromatic N) is 1. The molecular weight excluding hydrogens is 282 g/mol. The van der Waals surface area contributed by atoms with Crippen molar-refractivity contribution >= 4 is 26.9 Å². The van der Waals surface area contributed by atoms with Crippen LogP contribution in [0.1, 0.15) is 32.1 Å². The SMILES string of the molecule is CS(=O)(=O)O/N=C(/Cl)[C@H]1COC2(CCCCC2)O1. The van der Waals surface area contributed by atoms with Gasteiger partial charge in [-0.15, -0.1) is 0 Å². The Hall–Kier alpha value is -0.370. The van der Waals surface area contributed by atoms with Crippen LogP contribution in [0.5, 0.6) is 0 Å². The van der Waals surface area contributed by atoms with Gasteiger partial charge < -0.3 is 9.47 Å². The van der Waals surface area contributed by atoms with Gasteiger partial charge in [-0.2, -0.15) is 8.42 Å². The second-order valence-electron chi connectivity index (χ2n) is 4.58. The van der Waals surface area contributed by atoms with Crippen molar-refractivity contribution in [3.63, 3.8) is 0 Å². The Morgan fingerprint density at radius 2 is 2.06 bits per heavy atom. The molecule has 1 saturated heterocycles. The number of oxime groups is 1. The van der Waals surface area contributed by atoms with Gasteiger partial charge in [-0.25, -0.2) is 0 Å². The molecule has 0 radical (unpaired) electrons. The van der Waals surface area contributed by atoms with Crippen LogP contribution in [0, 0.1) is 0 Å². The maximum absolute atomic E-state index is 10.8. The van der Waals surface area contributed by atoms with Gasteiger partial charge in [-0.1, -0.05) is 23.2 Å². The highest BCUT2D eigenvalue weighted by atomic mass is 35.5. The molecule has 0 aromatic carbocycles. The van der Waals surface area contributed by atoms with Crippen molar-refractivity contribution in [1.82, 2.24) is 0 Å². The first-order valence-corrected chi connectivity index (χ1v) is 8.03. The summed E-state index contributed by atoms with van der Waals surface area (Å²) in [5.41, 5.74) is 0. The van der Waals surface area contributed by atoms with Crippen LogP contribution in [0.2, 0.25) is 0 Å². The Labute approximate surface area is 111 Å². The monoisotopic (exact) mass is 297 g/mol. The van der Waals surface area contributed by atoms with Crippen LogP contribution in [-0.2, 0) is 23.9 Å². The lowest BCUT2D eigenvalue weighted by atomic mass is 9.94. The van der Waals surface area contributed by atoms with Gasteiger partial charge in [0, 0.05) is 12.8 Å². The number of hydrogen-bond donors (Lipinski definition) is 0. The van der Waals surface area contributed by atoms with Crippen LogP contribution in [0.3, 0.4) is 0 Å². The van der Waals surface area contributed by atoms with Crippen molar-refractivity contribution in [3.05, 3.63) is 0 Å². The lowest BCUT2D eigenvalue weighted by molar-refractivity contribution is -0.181. The highest BCUT2D eigenvalue weighted by molar-refractivity contribution is 7.85. The molecule has 8 heteroatoms. The summed E-state index contributed by atoms with van der Waals surface area (Å²) < 4.78 is 37.3. The van der Waals surface area contributed by atoms with E-state index in [-0.39, 0.29) is 11.8 Å². The summed E-state index contributed by atoms with van der Waals surface area (Å²) in [7, 11) is -3.65. The summed E-state index contributed by atoms with van der Waals surface area (Å²) in [6.07, 6.45) is 5.31. The van der Waals surface area contributed by atoms with Gasteiger partial charge in [-0.05, 0) is 12.8 Å². The summed E-state index contributed by atoms with van der Waals surface area (Å²) in [6, 6.07) is 0. The van der Waals surface area contributed by atoms with E-state index in [4.69, 9.17) is 21.1 Å². The first kappa shape index (κ1) is 14.0. The smallest absolute Gasteiger partial charge is 0.325 e. The predicted octanol–water partition coefficient (Wildman–Crippen LogP) is 1.59. The molecule has 1 aliphatic heterocycles. The van der Waals surface area contributed by atoms with Crippen molar-refractivity contribution in [3.8, 4) is 0 Å². The third-order valence-corrected chi connectivity index (χ3v) is 3.65. The largest absolute Gasteiger partial charge is 0.347 e. The Morgan fingerprint density at radius 3 is 2.67 bits per heavy atom. The fourth-order valence-corrected chi connectivity index (χ4v) is 2.59. The minimum Gasteiger partial charge on any atom is -0.347 e. The zero-order chi connectivity index (χ0) is 13.2. The molecule has 18 heavy (non-hydrogen) atoms. The summed E-state index contributed by atoms with van der Waals surface area (Å²) >= 11 is 5.85. The maximum Gasteiger partial charge on any atom is 0.325 e. The molecular formula is C10H16ClNO5S. The third-order valence-electron chi connectivity index (χ3n) is 3.00. The minimum absolute atomic E-state index is 0.0390. The van der Waals surface area contributed by atoms with E-state index in [2.05, 4.69) is 9.44 Å². The van der Waals surface area contributed by atoms with E-state index in [0.29, 0.717) is 0 Å². The third kappa shape index (κ3) is 3.57. The van der Waals surface area contributed by atoms with Gasteiger partial charge in [0.25, 0.3) is 0 Å². The molecule has 2 aliphatic rings. The molecule has 1 saturated carbocycles. The summed E-state index contributed by atoms with van der Waals surface area (Å²) in [5, 5.41) is 3.31. The van der Waals surface area contributed by atoms with E-state index in [1.165, 1.54) is 6.42 Å². The van der Waals surface area contributed by atoms with Gasteiger partial charge in [0.05, 0.1) is 12.9 Å². The molecule has 2 fully saturated rings. The summed E-state index contributed by atoms with van der Waals surface area (Å²) in [5.74, 6) is -0.566. The fraction of sp³-hybridized carbons (Fsp3) is 0.900. The molecule has 0 aromatic rings. The molecule has 1 atom stereocenters. The first-order chi connectivity index (χ1) is 8.40. The molecule has 0 bridgehead atoms. The summed E-state index contributed by atoms with van der Waals surface area (Å²) in [4.78, 5) is 0. The number of ether oxygens (including phenoxy) is 2. The molecule has 104 valence electrons. The van der Waals surface area contributed by atoms with E-state index in [1.807, 2.05) is 0 Å². The zero-order valence-corrected chi connectivity index (χ0v) is 11.7. The second-order valence-corrected chi connectivity index (χ2v) is 6.53. The zero-order valence-electron chi connectivity index (χ0n) is 10.1. The number of halogens is 1. The van der Waals surface area contributed by atoms with Crippen LogP contribution in [-0.4, -0.2) is 38.3 Å². The topological polar surface area (TPSA) is 74.2 Å². The van der Waals surface area contributed by atoms with Gasteiger partial charge in [0.1, 0.15) is 6.10 Å². The van der Waals surface area contributed by atoms with Crippen molar-refractivity contribution in [1.29, 1.82) is 0 Å². The van der Waals surface area contributed by atoms with Crippen molar-refractivity contribution < 1.29 is 22.2 Å². The standard InChI is InChI=1S/C10H16ClNO5S/c1-18(13,14)17-12-9(11)8-7-15-10(16-8)5-3-2-4-6-10/h8H,2-7H2,1H3/b12-9+/t8-/m1/s1. The molecule has 0 unspecified atom stereocenters. The number of hydrogen-bond acceptors (Lipinski definition) is 6. The second kappa shape index (κ2) is 5.32. The number of rotatable bonds is 3. The van der Waals surface area contributed by atoms with Gasteiger partial charge >= 0.3 is 10.1 Å². The van der Waals surface area contributed by atoms with E-state index in [0.717, 1.165) is 31.9 Å². The first-order valence-electron chi connectivity index (χ1n) is 5.84. The average molecular weight is 298 g/mol. The van der Waals surface area contributed by atoms with E-state index in [1.54, 1.807) is 0 Å². The quantitative estimate of drug-likeness (QED) is 0.584. The molecule has 0 N–H and O–H groups in total. The Balaban J connectivity index is 1.95. The lowest BCUT2D eigenvalue weighted by Crippen LogP contribution is -2.34. The maximum atomic E-state index is 10.8. The molecule has 1 aliphatic carbocycles. The fourth-order valence-electron chi connectivity index (χ4n) is 2.19. The molecule has 2 rings (SSSR count). The highest BCUT2D eigenvalue weighted by Gasteiger charge is 2.43. The van der Waals surface area contributed by atoms with Crippen molar-refractivity contribution in [2.24, 2.45) is 5.16 Å². The van der Waals surface area contributed by atoms with Gasteiger partial charge in [0.2, 0.25) is 0 Å². The predicted molar refractivity (Wildman–Crippen MR) is 65.9 cm³/mol. The average Bonchev–Trinajstić information content (AvgIpc) is 2.70. The molecule has 6 nitrogen and oxygen atoms in total. The summed E-state index contributed by atoms with van der Waals surface area (Å²) in [6.45, 7) is 0.273. The van der Waals surface area contributed by atoms with Gasteiger partial charge in [-0.3, -0.25) is 4.28 Å². The van der Waals surface area contributed by atoms with Crippen LogP contribution in [0.4, 0.5) is 0 Å². The van der Waals surface area contributed by atoms with E-state index in [9.17, 15) is 8.42 Å². The Kier molecular flexibility index (Phi) is 4.15. The molecule has 0 amide bonds. The molecule has 0 aromatic heterocycles. The minimum atomic E-state index is -3.65. The van der Waals surface area contributed by atoms with Crippen molar-refractivity contribution in [2.45, 2.75) is 44.0 Å².